The zero-order chi connectivity index (χ0) is 26.2. The number of fused-ring (bicyclic) bond motifs is 1. The summed E-state index contributed by atoms with van der Waals surface area (Å²) in [5, 5.41) is 10.1. The highest BCUT2D eigenvalue weighted by molar-refractivity contribution is 7.92. The predicted octanol–water partition coefficient (Wildman–Crippen LogP) is 5.60. The van der Waals surface area contributed by atoms with Gasteiger partial charge in [0.15, 0.2) is 0 Å². The summed E-state index contributed by atoms with van der Waals surface area (Å²) in [5.74, 6) is -2.71. The summed E-state index contributed by atoms with van der Waals surface area (Å²) >= 11 is 0. The third-order valence-electron chi connectivity index (χ3n) is 6.19. The largest absolute Gasteiger partial charge is 0.478 e. The number of aromatic carboxylic acids is 1. The summed E-state index contributed by atoms with van der Waals surface area (Å²) in [5.41, 5.74) is 1.42. The molecule has 1 aliphatic heterocycles. The lowest BCUT2D eigenvalue weighted by atomic mass is 10.1. The van der Waals surface area contributed by atoms with E-state index in [0.717, 1.165) is 30.9 Å². The van der Waals surface area contributed by atoms with E-state index in [1.165, 1.54) is 24.3 Å². The summed E-state index contributed by atoms with van der Waals surface area (Å²) in [4.78, 5) is 20.1. The van der Waals surface area contributed by atoms with E-state index in [1.54, 1.807) is 0 Å². The average molecular weight is 634 g/mol. The predicted molar refractivity (Wildman–Crippen MR) is 158 cm³/mol. The number of hydrogen-bond donors (Lipinski definition) is 2. The van der Waals surface area contributed by atoms with Crippen LogP contribution in [0, 0.1) is 11.6 Å². The lowest BCUT2D eigenvalue weighted by Gasteiger charge is -2.37. The number of benzene rings is 3. The average Bonchev–Trinajstić information content (AvgIpc) is 2.89. The fraction of sp³-hybridized carbons (Fsp3) is 0.154. The molecule has 0 amide bonds. The highest BCUT2D eigenvalue weighted by atomic mass is 35.5. The third-order valence-corrected chi connectivity index (χ3v) is 7.58. The first-order valence-corrected chi connectivity index (χ1v) is 12.9. The summed E-state index contributed by atoms with van der Waals surface area (Å²) in [6.07, 6.45) is 0. The van der Waals surface area contributed by atoms with E-state index in [-0.39, 0.29) is 53.9 Å². The van der Waals surface area contributed by atoms with Gasteiger partial charge in [0.25, 0.3) is 10.0 Å². The molecule has 1 aliphatic rings. The van der Waals surface area contributed by atoms with Crippen molar-refractivity contribution in [3.8, 4) is 0 Å². The third kappa shape index (κ3) is 6.84. The SMILES string of the molecule is Cl.Cl.Cl.O=C(O)c1cc(N2CCN(c3ccccc3)CC2)nc2ccc(NS(=O)(=O)c3cc(F)ccc3F)cc12. The molecule has 2 heterocycles. The number of piperazine rings is 1. The van der Waals surface area contributed by atoms with Crippen molar-refractivity contribution in [3.05, 3.63) is 90.0 Å². The maximum atomic E-state index is 14.1. The summed E-state index contributed by atoms with van der Waals surface area (Å²) in [6, 6.07) is 17.8. The second-order valence-electron chi connectivity index (χ2n) is 8.55. The molecule has 8 nitrogen and oxygen atoms in total. The Morgan fingerprint density at radius 3 is 2.15 bits per heavy atom. The van der Waals surface area contributed by atoms with Gasteiger partial charge >= 0.3 is 5.97 Å². The van der Waals surface area contributed by atoms with E-state index in [4.69, 9.17) is 0 Å². The zero-order valence-electron chi connectivity index (χ0n) is 20.7. The first-order chi connectivity index (χ1) is 17.7. The Hall–Kier alpha value is -3.38. The molecule has 1 aromatic heterocycles. The molecule has 40 heavy (non-hydrogen) atoms. The minimum absolute atomic E-state index is 0. The molecule has 214 valence electrons. The number of hydrogen-bond acceptors (Lipinski definition) is 6. The molecule has 0 saturated carbocycles. The Kier molecular flexibility index (Phi) is 10.9. The molecule has 14 heteroatoms. The van der Waals surface area contributed by atoms with Crippen LogP contribution in [0.4, 0.5) is 26.0 Å². The molecular formula is C26H25Cl3F2N4O4S. The zero-order valence-corrected chi connectivity index (χ0v) is 23.9. The Balaban J connectivity index is 0.00000187. The van der Waals surface area contributed by atoms with Gasteiger partial charge in [-0.3, -0.25) is 4.72 Å². The number of carboxylic acids is 1. The molecule has 0 aliphatic carbocycles. The Labute approximate surface area is 248 Å². The van der Waals surface area contributed by atoms with Crippen LogP contribution in [0.5, 0.6) is 0 Å². The number of para-hydroxylation sites is 1. The lowest BCUT2D eigenvalue weighted by Crippen LogP contribution is -2.46. The van der Waals surface area contributed by atoms with Crippen molar-refractivity contribution in [1.29, 1.82) is 0 Å². The van der Waals surface area contributed by atoms with Crippen LogP contribution in [-0.4, -0.2) is 50.7 Å². The van der Waals surface area contributed by atoms with Gasteiger partial charge in [-0.05, 0) is 54.6 Å². The van der Waals surface area contributed by atoms with Crippen LogP contribution in [0.1, 0.15) is 10.4 Å². The maximum Gasteiger partial charge on any atom is 0.336 e. The minimum Gasteiger partial charge on any atom is -0.478 e. The van der Waals surface area contributed by atoms with Gasteiger partial charge in [-0.25, -0.2) is 27.0 Å². The van der Waals surface area contributed by atoms with Gasteiger partial charge in [0, 0.05) is 42.9 Å². The van der Waals surface area contributed by atoms with Crippen molar-refractivity contribution in [2.24, 2.45) is 0 Å². The van der Waals surface area contributed by atoms with E-state index in [0.29, 0.717) is 30.5 Å². The molecule has 5 rings (SSSR count). The van der Waals surface area contributed by atoms with Crippen LogP contribution >= 0.6 is 37.2 Å². The fourth-order valence-corrected chi connectivity index (χ4v) is 5.48. The quantitative estimate of drug-likeness (QED) is 0.285. The van der Waals surface area contributed by atoms with Crippen LogP contribution in [0.2, 0.25) is 0 Å². The first-order valence-electron chi connectivity index (χ1n) is 11.4. The molecule has 1 fully saturated rings. The minimum atomic E-state index is -4.47. The van der Waals surface area contributed by atoms with E-state index >= 15 is 0 Å². The Morgan fingerprint density at radius 2 is 1.50 bits per heavy atom. The number of sulfonamides is 1. The number of rotatable bonds is 6. The van der Waals surface area contributed by atoms with Crippen LogP contribution in [0.25, 0.3) is 10.9 Å². The van der Waals surface area contributed by atoms with Gasteiger partial charge in [-0.1, -0.05) is 18.2 Å². The standard InChI is InChI=1S/C26H22F2N4O4S.3ClH/c27-17-6-8-22(28)24(14-17)37(35,36)30-18-7-9-23-20(15-18)21(26(33)34)16-25(29-23)32-12-10-31(11-13-32)19-4-2-1-3-5-19;;;/h1-9,14-16,30H,10-13H2,(H,33,34);3*1H. The highest BCUT2D eigenvalue weighted by Gasteiger charge is 2.23. The van der Waals surface area contributed by atoms with Crippen molar-refractivity contribution >= 4 is 81.3 Å². The molecule has 0 spiro atoms. The van der Waals surface area contributed by atoms with Crippen LogP contribution in [-0.2, 0) is 10.0 Å². The van der Waals surface area contributed by atoms with E-state index in [1.807, 2.05) is 35.2 Å². The molecule has 0 atom stereocenters. The molecule has 1 saturated heterocycles. The van der Waals surface area contributed by atoms with Gasteiger partial charge in [0.2, 0.25) is 0 Å². The smallest absolute Gasteiger partial charge is 0.336 e. The fourth-order valence-electron chi connectivity index (χ4n) is 4.34. The first kappa shape index (κ1) is 32.8. The van der Waals surface area contributed by atoms with E-state index in [2.05, 4.69) is 14.6 Å². The second kappa shape index (κ2) is 13.3. The Morgan fingerprint density at radius 1 is 0.850 bits per heavy atom. The second-order valence-corrected chi connectivity index (χ2v) is 10.2. The van der Waals surface area contributed by atoms with Crippen molar-refractivity contribution in [3.63, 3.8) is 0 Å². The summed E-state index contributed by atoms with van der Waals surface area (Å²) < 4.78 is 55.1. The number of carboxylic acid groups (broad SMARTS) is 1. The normalized spacial score (nSPS) is 13.1. The number of aromatic nitrogens is 1. The summed E-state index contributed by atoms with van der Waals surface area (Å²) in [7, 11) is -4.47. The van der Waals surface area contributed by atoms with Gasteiger partial charge in [0.1, 0.15) is 22.3 Å². The molecule has 4 aromatic rings. The highest BCUT2D eigenvalue weighted by Crippen LogP contribution is 2.29. The van der Waals surface area contributed by atoms with Crippen LogP contribution in [0.15, 0.2) is 77.7 Å². The monoisotopic (exact) mass is 632 g/mol. The summed E-state index contributed by atoms with van der Waals surface area (Å²) in [6.45, 7) is 2.76. The van der Waals surface area contributed by atoms with Crippen molar-refractivity contribution < 1.29 is 27.1 Å². The number of carbonyl (C=O) groups is 1. The lowest BCUT2D eigenvalue weighted by molar-refractivity contribution is 0.0699. The van der Waals surface area contributed by atoms with Crippen LogP contribution in [0.3, 0.4) is 0 Å². The van der Waals surface area contributed by atoms with Crippen molar-refractivity contribution in [1.82, 2.24) is 4.98 Å². The molecule has 0 unspecified atom stereocenters. The van der Waals surface area contributed by atoms with Gasteiger partial charge in [-0.15, -0.1) is 37.2 Å². The topological polar surface area (TPSA) is 103 Å². The van der Waals surface area contributed by atoms with Gasteiger partial charge in [0.05, 0.1) is 11.1 Å². The number of halogens is 5. The van der Waals surface area contributed by atoms with Crippen molar-refractivity contribution in [2.75, 3.05) is 40.7 Å². The van der Waals surface area contributed by atoms with Crippen molar-refractivity contribution in [2.45, 2.75) is 4.90 Å². The molecule has 3 aromatic carbocycles. The molecule has 0 radical (unpaired) electrons. The number of nitrogens with zero attached hydrogens (tertiary/aromatic N) is 3. The number of nitrogens with one attached hydrogen (secondary N) is 1. The van der Waals surface area contributed by atoms with Crippen LogP contribution < -0.4 is 14.5 Å². The Bertz CT molecular complexity index is 1610. The number of pyridine rings is 1. The molecule has 2 N–H and O–H groups in total. The van der Waals surface area contributed by atoms with E-state index in [9.17, 15) is 27.1 Å². The molecule has 0 bridgehead atoms. The van der Waals surface area contributed by atoms with E-state index < -0.39 is 32.5 Å². The maximum absolute atomic E-state index is 14.1. The van der Waals surface area contributed by atoms with Gasteiger partial charge < -0.3 is 14.9 Å². The molecular weight excluding hydrogens is 609 g/mol. The van der Waals surface area contributed by atoms with Gasteiger partial charge in [-0.2, -0.15) is 0 Å². The number of anilines is 3.